The predicted molar refractivity (Wildman–Crippen MR) is 85.7 cm³/mol. The predicted octanol–water partition coefficient (Wildman–Crippen LogP) is 3.35. The largest absolute Gasteiger partial charge is 0.468 e. The fourth-order valence-corrected chi connectivity index (χ4v) is 2.36. The molecule has 0 unspecified atom stereocenters. The minimum atomic E-state index is -0.0115. The highest BCUT2D eigenvalue weighted by atomic mass is 79.9. The Morgan fingerprint density at radius 1 is 1.33 bits per heavy atom. The average molecular weight is 351 g/mol. The molecule has 0 spiro atoms. The molecule has 0 aliphatic rings. The normalized spacial score (nSPS) is 12.4. The second kappa shape index (κ2) is 7.43. The van der Waals surface area contributed by atoms with Crippen LogP contribution < -0.4 is 5.32 Å². The molecule has 5 heteroatoms. The molecule has 1 atom stereocenters. The van der Waals surface area contributed by atoms with Gasteiger partial charge in [-0.3, -0.25) is 9.69 Å². The van der Waals surface area contributed by atoms with E-state index in [0.717, 1.165) is 15.8 Å². The smallest absolute Gasteiger partial charge is 0.234 e. The van der Waals surface area contributed by atoms with Crippen LogP contribution in [0.2, 0.25) is 0 Å². The molecule has 0 aliphatic heterocycles. The lowest BCUT2D eigenvalue weighted by Gasteiger charge is -2.18. The van der Waals surface area contributed by atoms with Crippen LogP contribution in [0.3, 0.4) is 0 Å². The Morgan fingerprint density at radius 2 is 2.05 bits per heavy atom. The number of nitrogens with zero attached hydrogens (tertiary/aromatic N) is 1. The number of carbonyl (C=O) groups excluding carboxylic acids is 1. The summed E-state index contributed by atoms with van der Waals surface area (Å²) in [4.78, 5) is 14.0. The van der Waals surface area contributed by atoms with E-state index in [1.807, 2.05) is 55.3 Å². The van der Waals surface area contributed by atoms with Gasteiger partial charge in [-0.15, -0.1) is 0 Å². The first-order valence-electron chi connectivity index (χ1n) is 6.80. The van der Waals surface area contributed by atoms with E-state index in [9.17, 15) is 4.79 Å². The zero-order chi connectivity index (χ0) is 15.2. The Labute approximate surface area is 133 Å². The lowest BCUT2D eigenvalue weighted by molar-refractivity contribution is -0.122. The van der Waals surface area contributed by atoms with Crippen molar-refractivity contribution in [3.05, 3.63) is 58.5 Å². The zero-order valence-corrected chi connectivity index (χ0v) is 13.8. The molecule has 2 aromatic rings. The van der Waals surface area contributed by atoms with Crippen LogP contribution in [-0.2, 0) is 11.3 Å². The first-order valence-corrected chi connectivity index (χ1v) is 7.59. The van der Waals surface area contributed by atoms with Gasteiger partial charge in [-0.1, -0.05) is 28.1 Å². The number of nitrogens with one attached hydrogen (secondary N) is 1. The molecule has 1 heterocycles. The zero-order valence-electron chi connectivity index (χ0n) is 12.2. The van der Waals surface area contributed by atoms with Gasteiger partial charge in [-0.05, 0) is 43.8 Å². The summed E-state index contributed by atoms with van der Waals surface area (Å²) in [5.41, 5.74) is 1.08. The summed E-state index contributed by atoms with van der Waals surface area (Å²) in [6.45, 7) is 2.93. The molecule has 1 aromatic carbocycles. The average Bonchev–Trinajstić information content (AvgIpc) is 2.91. The van der Waals surface area contributed by atoms with Crippen molar-refractivity contribution < 1.29 is 9.21 Å². The Kier molecular flexibility index (Phi) is 5.59. The van der Waals surface area contributed by atoms with E-state index >= 15 is 0 Å². The summed E-state index contributed by atoms with van der Waals surface area (Å²) in [6.07, 6.45) is 1.64. The van der Waals surface area contributed by atoms with Gasteiger partial charge in [0.25, 0.3) is 0 Å². The van der Waals surface area contributed by atoms with Gasteiger partial charge < -0.3 is 9.73 Å². The summed E-state index contributed by atoms with van der Waals surface area (Å²) < 4.78 is 6.30. The van der Waals surface area contributed by atoms with E-state index in [0.29, 0.717) is 13.1 Å². The molecule has 0 saturated heterocycles. The van der Waals surface area contributed by atoms with E-state index in [1.165, 1.54) is 0 Å². The molecule has 0 bridgehead atoms. The number of hydrogen-bond acceptors (Lipinski definition) is 3. The summed E-state index contributed by atoms with van der Waals surface area (Å²) in [7, 11) is 1.90. The maximum absolute atomic E-state index is 12.0. The van der Waals surface area contributed by atoms with Crippen LogP contribution in [0.15, 0.2) is 51.6 Å². The number of amides is 1. The molecule has 0 saturated carbocycles. The van der Waals surface area contributed by atoms with Crippen LogP contribution in [0, 0.1) is 0 Å². The molecule has 21 heavy (non-hydrogen) atoms. The Balaban J connectivity index is 1.82. The van der Waals surface area contributed by atoms with Crippen LogP contribution in [-0.4, -0.2) is 24.4 Å². The van der Waals surface area contributed by atoms with Gasteiger partial charge in [0.2, 0.25) is 5.91 Å². The summed E-state index contributed by atoms with van der Waals surface area (Å²) in [6, 6.07) is 11.7. The minimum Gasteiger partial charge on any atom is -0.468 e. The third-order valence-corrected chi connectivity index (χ3v) is 3.70. The van der Waals surface area contributed by atoms with Crippen molar-refractivity contribution in [1.82, 2.24) is 10.2 Å². The molecule has 0 fully saturated rings. The van der Waals surface area contributed by atoms with Crippen LogP contribution in [0.25, 0.3) is 0 Å². The minimum absolute atomic E-state index is 0.000486. The molecule has 1 amide bonds. The molecule has 1 aromatic heterocycles. The van der Waals surface area contributed by atoms with Crippen molar-refractivity contribution in [1.29, 1.82) is 0 Å². The SMILES string of the molecule is C[C@H](NC(=O)CN(C)Cc1ccco1)c1ccc(Br)cc1. The first-order chi connectivity index (χ1) is 10.0. The number of hydrogen-bond donors (Lipinski definition) is 1. The van der Waals surface area contributed by atoms with Crippen LogP contribution in [0.5, 0.6) is 0 Å². The lowest BCUT2D eigenvalue weighted by Crippen LogP contribution is -2.36. The van der Waals surface area contributed by atoms with Gasteiger partial charge in [-0.2, -0.15) is 0 Å². The maximum Gasteiger partial charge on any atom is 0.234 e. The molecule has 1 N–H and O–H groups in total. The Hall–Kier alpha value is -1.59. The van der Waals surface area contributed by atoms with Crippen molar-refractivity contribution in [2.24, 2.45) is 0 Å². The fourth-order valence-electron chi connectivity index (χ4n) is 2.09. The highest BCUT2D eigenvalue weighted by Gasteiger charge is 2.12. The second-order valence-electron chi connectivity index (χ2n) is 5.09. The third kappa shape index (κ3) is 5.02. The van der Waals surface area contributed by atoms with Gasteiger partial charge >= 0.3 is 0 Å². The summed E-state index contributed by atoms with van der Waals surface area (Å²) in [5, 5.41) is 3.00. The van der Waals surface area contributed by atoms with Crippen molar-refractivity contribution in [3.8, 4) is 0 Å². The summed E-state index contributed by atoms with van der Waals surface area (Å²) >= 11 is 3.40. The van der Waals surface area contributed by atoms with Crippen LogP contribution in [0.4, 0.5) is 0 Å². The topological polar surface area (TPSA) is 45.5 Å². The molecule has 112 valence electrons. The van der Waals surface area contributed by atoms with Gasteiger partial charge in [-0.25, -0.2) is 0 Å². The van der Waals surface area contributed by atoms with Gasteiger partial charge in [0.1, 0.15) is 5.76 Å². The van der Waals surface area contributed by atoms with E-state index in [2.05, 4.69) is 21.2 Å². The highest BCUT2D eigenvalue weighted by molar-refractivity contribution is 9.10. The third-order valence-electron chi connectivity index (χ3n) is 3.17. The second-order valence-corrected chi connectivity index (χ2v) is 6.01. The van der Waals surface area contributed by atoms with Crippen LogP contribution in [0.1, 0.15) is 24.3 Å². The molecule has 0 aliphatic carbocycles. The first kappa shape index (κ1) is 15.8. The van der Waals surface area contributed by atoms with Crippen molar-refractivity contribution in [3.63, 3.8) is 0 Å². The van der Waals surface area contributed by atoms with Crippen molar-refractivity contribution >= 4 is 21.8 Å². The van der Waals surface area contributed by atoms with Gasteiger partial charge in [0.15, 0.2) is 0 Å². The highest BCUT2D eigenvalue weighted by Crippen LogP contribution is 2.16. The number of likely N-dealkylation sites (N-methyl/N-ethyl adjacent to an activating group) is 1. The van der Waals surface area contributed by atoms with E-state index in [-0.39, 0.29) is 11.9 Å². The fraction of sp³-hybridized carbons (Fsp3) is 0.312. The maximum atomic E-state index is 12.0. The summed E-state index contributed by atoms with van der Waals surface area (Å²) in [5.74, 6) is 0.853. The van der Waals surface area contributed by atoms with Gasteiger partial charge in [0.05, 0.1) is 25.4 Å². The molecule has 2 rings (SSSR count). The number of carbonyl (C=O) groups is 1. The van der Waals surface area contributed by atoms with E-state index in [1.54, 1.807) is 6.26 Å². The standard InChI is InChI=1S/C16H19BrN2O2/c1-12(13-5-7-14(17)8-6-13)18-16(20)11-19(2)10-15-4-3-9-21-15/h3-9,12H,10-11H2,1-2H3,(H,18,20)/t12-/m0/s1. The Morgan fingerprint density at radius 3 is 2.67 bits per heavy atom. The number of halogens is 1. The monoisotopic (exact) mass is 350 g/mol. The number of benzene rings is 1. The van der Waals surface area contributed by atoms with Crippen LogP contribution >= 0.6 is 15.9 Å². The van der Waals surface area contributed by atoms with E-state index in [4.69, 9.17) is 4.42 Å². The molecular formula is C16H19BrN2O2. The molecular weight excluding hydrogens is 332 g/mol. The number of furan rings is 1. The van der Waals surface area contributed by atoms with Crippen molar-refractivity contribution in [2.45, 2.75) is 19.5 Å². The van der Waals surface area contributed by atoms with Gasteiger partial charge in [0, 0.05) is 4.47 Å². The Bertz CT molecular complexity index is 566. The van der Waals surface area contributed by atoms with E-state index < -0.39 is 0 Å². The number of rotatable bonds is 6. The molecule has 4 nitrogen and oxygen atoms in total. The molecule has 0 radical (unpaired) electrons. The van der Waals surface area contributed by atoms with Crippen molar-refractivity contribution in [2.75, 3.05) is 13.6 Å². The quantitative estimate of drug-likeness (QED) is 0.868. The lowest BCUT2D eigenvalue weighted by atomic mass is 10.1.